The van der Waals surface area contributed by atoms with Gasteiger partial charge in [0, 0.05) is 16.7 Å². The van der Waals surface area contributed by atoms with Crippen LogP contribution < -0.4 is 0 Å². The fraction of sp³-hybridized carbons (Fsp3) is 0. The van der Waals surface area contributed by atoms with E-state index in [1.165, 1.54) is 24.3 Å². The van der Waals surface area contributed by atoms with Crippen LogP contribution in [0.1, 0.15) is 0 Å². The third kappa shape index (κ3) is 2.92. The standard InChI is InChI=1S/C21H12F2N4O/c22-15-7-5-14(6-8-15)21-26-20(27-28-21)13-3-1-12(2-4-13)19-24-17-10-9-16(23)11-18(17)25-19/h1-11H,(H,24,25). The molecule has 1 N–H and O–H groups in total. The number of aromatic amines is 1. The number of aromatic nitrogens is 4. The van der Waals surface area contributed by atoms with E-state index >= 15 is 0 Å². The molecule has 5 rings (SSSR count). The molecular formula is C21H12F2N4O. The van der Waals surface area contributed by atoms with E-state index in [1.54, 1.807) is 18.2 Å². The quantitative estimate of drug-likeness (QED) is 0.470. The Bertz CT molecular complexity index is 1270. The van der Waals surface area contributed by atoms with E-state index in [9.17, 15) is 8.78 Å². The van der Waals surface area contributed by atoms with Gasteiger partial charge in [0.15, 0.2) is 0 Å². The van der Waals surface area contributed by atoms with E-state index < -0.39 is 0 Å². The van der Waals surface area contributed by atoms with Crippen LogP contribution in [-0.2, 0) is 0 Å². The Morgan fingerprint density at radius 2 is 1.39 bits per heavy atom. The molecule has 28 heavy (non-hydrogen) atoms. The molecule has 0 saturated heterocycles. The summed E-state index contributed by atoms with van der Waals surface area (Å²) in [5.41, 5.74) is 3.60. The van der Waals surface area contributed by atoms with Crippen LogP contribution in [0, 0.1) is 11.6 Å². The first-order valence-electron chi connectivity index (χ1n) is 8.51. The van der Waals surface area contributed by atoms with E-state index in [4.69, 9.17) is 4.52 Å². The predicted octanol–water partition coefficient (Wildman–Crippen LogP) is 5.23. The molecule has 0 fully saturated rings. The molecule has 0 unspecified atom stereocenters. The summed E-state index contributed by atoms with van der Waals surface area (Å²) in [6.45, 7) is 0. The molecule has 0 aliphatic rings. The average Bonchev–Trinajstić information content (AvgIpc) is 3.36. The van der Waals surface area contributed by atoms with Crippen LogP contribution in [0.4, 0.5) is 8.78 Å². The van der Waals surface area contributed by atoms with Crippen LogP contribution in [0.25, 0.3) is 45.3 Å². The summed E-state index contributed by atoms with van der Waals surface area (Å²) in [4.78, 5) is 11.9. The van der Waals surface area contributed by atoms with Gasteiger partial charge in [0.1, 0.15) is 17.5 Å². The lowest BCUT2D eigenvalue weighted by atomic mass is 10.1. The van der Waals surface area contributed by atoms with Crippen LogP contribution in [0.5, 0.6) is 0 Å². The van der Waals surface area contributed by atoms with Crippen molar-refractivity contribution in [3.8, 4) is 34.2 Å². The van der Waals surface area contributed by atoms with Gasteiger partial charge in [0.25, 0.3) is 5.89 Å². The summed E-state index contributed by atoms with van der Waals surface area (Å²) >= 11 is 0. The molecule has 5 aromatic rings. The van der Waals surface area contributed by atoms with Gasteiger partial charge in [-0.2, -0.15) is 4.98 Å². The summed E-state index contributed by atoms with van der Waals surface area (Å²) in [6, 6.07) is 17.7. The molecule has 0 spiro atoms. The zero-order valence-corrected chi connectivity index (χ0v) is 14.4. The van der Waals surface area contributed by atoms with E-state index in [1.807, 2.05) is 24.3 Å². The second kappa shape index (κ2) is 6.38. The highest BCUT2D eigenvalue weighted by atomic mass is 19.1. The van der Waals surface area contributed by atoms with Gasteiger partial charge in [-0.25, -0.2) is 13.8 Å². The second-order valence-electron chi connectivity index (χ2n) is 6.25. The number of nitrogens with zero attached hydrogens (tertiary/aromatic N) is 3. The summed E-state index contributed by atoms with van der Waals surface area (Å²) < 4.78 is 31.7. The molecule has 0 saturated carbocycles. The van der Waals surface area contributed by atoms with E-state index in [-0.39, 0.29) is 11.6 Å². The number of imidazole rings is 1. The SMILES string of the molecule is Fc1ccc(-c2nc(-c3ccc(-c4nc5ccc(F)cc5[nH]4)cc3)no2)cc1. The largest absolute Gasteiger partial charge is 0.338 e. The normalized spacial score (nSPS) is 11.2. The van der Waals surface area contributed by atoms with E-state index in [0.29, 0.717) is 34.1 Å². The molecule has 2 aromatic heterocycles. The zero-order valence-electron chi connectivity index (χ0n) is 14.4. The van der Waals surface area contributed by atoms with Gasteiger partial charge in [0.05, 0.1) is 11.0 Å². The minimum absolute atomic E-state index is 0.313. The van der Waals surface area contributed by atoms with Crippen molar-refractivity contribution in [2.75, 3.05) is 0 Å². The van der Waals surface area contributed by atoms with Gasteiger partial charge in [0.2, 0.25) is 5.82 Å². The summed E-state index contributed by atoms with van der Waals surface area (Å²) in [6.07, 6.45) is 0. The fourth-order valence-corrected chi connectivity index (χ4v) is 2.95. The minimum Gasteiger partial charge on any atom is -0.338 e. The molecule has 0 bridgehead atoms. The third-order valence-corrected chi connectivity index (χ3v) is 4.38. The van der Waals surface area contributed by atoms with Gasteiger partial charge < -0.3 is 9.51 Å². The maximum Gasteiger partial charge on any atom is 0.258 e. The summed E-state index contributed by atoms with van der Waals surface area (Å²) in [7, 11) is 0. The van der Waals surface area contributed by atoms with Crippen molar-refractivity contribution in [2.24, 2.45) is 0 Å². The highest BCUT2D eigenvalue weighted by Crippen LogP contribution is 2.26. The van der Waals surface area contributed by atoms with Crippen molar-refractivity contribution in [2.45, 2.75) is 0 Å². The number of rotatable bonds is 3. The number of fused-ring (bicyclic) bond motifs is 1. The fourth-order valence-electron chi connectivity index (χ4n) is 2.95. The minimum atomic E-state index is -0.326. The predicted molar refractivity (Wildman–Crippen MR) is 100 cm³/mol. The number of halogens is 2. The summed E-state index contributed by atoms with van der Waals surface area (Å²) in [5.74, 6) is 0.753. The van der Waals surface area contributed by atoms with Crippen molar-refractivity contribution < 1.29 is 13.3 Å². The van der Waals surface area contributed by atoms with Crippen LogP contribution in [0.2, 0.25) is 0 Å². The zero-order chi connectivity index (χ0) is 19.1. The van der Waals surface area contributed by atoms with Crippen LogP contribution >= 0.6 is 0 Å². The van der Waals surface area contributed by atoms with Gasteiger partial charge >= 0.3 is 0 Å². The Balaban J connectivity index is 1.44. The first kappa shape index (κ1) is 16.3. The lowest BCUT2D eigenvalue weighted by Crippen LogP contribution is -1.84. The first-order chi connectivity index (χ1) is 13.7. The molecule has 136 valence electrons. The molecule has 0 aliphatic heterocycles. The van der Waals surface area contributed by atoms with E-state index in [2.05, 4.69) is 20.1 Å². The van der Waals surface area contributed by atoms with Crippen molar-refractivity contribution in [1.29, 1.82) is 0 Å². The topological polar surface area (TPSA) is 67.6 Å². The monoisotopic (exact) mass is 374 g/mol. The number of hydrogen-bond donors (Lipinski definition) is 1. The average molecular weight is 374 g/mol. The molecule has 0 atom stereocenters. The van der Waals surface area contributed by atoms with Gasteiger partial charge in [-0.1, -0.05) is 29.4 Å². The second-order valence-corrected chi connectivity index (χ2v) is 6.25. The van der Waals surface area contributed by atoms with Crippen LogP contribution in [-0.4, -0.2) is 20.1 Å². The molecule has 7 heteroatoms. The lowest BCUT2D eigenvalue weighted by molar-refractivity contribution is 0.432. The van der Waals surface area contributed by atoms with Gasteiger partial charge in [-0.05, 0) is 42.5 Å². The van der Waals surface area contributed by atoms with Crippen LogP contribution in [0.3, 0.4) is 0 Å². The van der Waals surface area contributed by atoms with E-state index in [0.717, 1.165) is 11.1 Å². The molecule has 0 radical (unpaired) electrons. The number of hydrogen-bond acceptors (Lipinski definition) is 4. The Morgan fingerprint density at radius 1 is 0.714 bits per heavy atom. The Hall–Kier alpha value is -3.87. The number of nitrogens with one attached hydrogen (secondary N) is 1. The molecular weight excluding hydrogens is 362 g/mol. The molecule has 5 nitrogen and oxygen atoms in total. The molecule has 0 amide bonds. The lowest BCUT2D eigenvalue weighted by Gasteiger charge is -1.98. The number of H-pyrrole nitrogens is 1. The van der Waals surface area contributed by atoms with Crippen molar-refractivity contribution >= 4 is 11.0 Å². The Morgan fingerprint density at radius 3 is 2.18 bits per heavy atom. The molecule has 0 aliphatic carbocycles. The third-order valence-electron chi connectivity index (χ3n) is 4.38. The molecule has 3 aromatic carbocycles. The first-order valence-corrected chi connectivity index (χ1v) is 8.51. The smallest absolute Gasteiger partial charge is 0.258 e. The molecule has 2 heterocycles. The maximum absolute atomic E-state index is 13.3. The summed E-state index contributed by atoms with van der Waals surface area (Å²) in [5, 5.41) is 3.99. The Kier molecular flexibility index (Phi) is 3.72. The van der Waals surface area contributed by atoms with Crippen LogP contribution in [0.15, 0.2) is 71.3 Å². The highest BCUT2D eigenvalue weighted by molar-refractivity contribution is 5.79. The van der Waals surface area contributed by atoms with Gasteiger partial charge in [-0.15, -0.1) is 0 Å². The maximum atomic E-state index is 13.3. The van der Waals surface area contributed by atoms with Crippen molar-refractivity contribution in [3.05, 3.63) is 78.4 Å². The Labute approximate surface area is 157 Å². The number of benzene rings is 3. The highest BCUT2D eigenvalue weighted by Gasteiger charge is 2.12. The van der Waals surface area contributed by atoms with Gasteiger partial charge in [-0.3, -0.25) is 0 Å². The van der Waals surface area contributed by atoms with Crippen molar-refractivity contribution in [3.63, 3.8) is 0 Å². The van der Waals surface area contributed by atoms with Crippen molar-refractivity contribution in [1.82, 2.24) is 20.1 Å².